The Labute approximate surface area is 236 Å². The first-order valence-electron chi connectivity index (χ1n) is 13.5. The molecule has 2 aliphatic heterocycles. The summed E-state index contributed by atoms with van der Waals surface area (Å²) in [6.45, 7) is 3.68. The molecule has 3 aromatic rings. The van der Waals surface area contributed by atoms with E-state index in [1.165, 1.54) is 20.7 Å². The number of carbonyl (C=O) groups excluding carboxylic acids is 1. The molecule has 0 bridgehead atoms. The van der Waals surface area contributed by atoms with E-state index in [-0.39, 0.29) is 10.8 Å². The van der Waals surface area contributed by atoms with Gasteiger partial charge in [0.25, 0.3) is 5.91 Å². The first-order valence-corrected chi connectivity index (χ1v) is 16.4. The van der Waals surface area contributed by atoms with E-state index in [2.05, 4.69) is 10.2 Å². The lowest BCUT2D eigenvalue weighted by atomic mass is 10.1. The minimum absolute atomic E-state index is 0.228. The molecule has 5 rings (SSSR count). The van der Waals surface area contributed by atoms with Crippen LogP contribution in [-0.4, -0.2) is 75.5 Å². The molecule has 0 aliphatic carbocycles. The van der Waals surface area contributed by atoms with Crippen LogP contribution in [0.1, 0.15) is 35.2 Å². The fourth-order valence-electron chi connectivity index (χ4n) is 5.11. The van der Waals surface area contributed by atoms with E-state index in [9.17, 15) is 21.6 Å². The SMILES string of the molecule is O=C(Nc1ccc(S(=O)(=O)N2CCCCC2)cc1)c1cccc(CN2CCN(S(=O)(=O)c3ccccc3)CC2)c1. The van der Waals surface area contributed by atoms with Crippen molar-refractivity contribution in [2.24, 2.45) is 0 Å². The van der Waals surface area contributed by atoms with Crippen molar-refractivity contribution in [2.75, 3.05) is 44.6 Å². The quantitative estimate of drug-likeness (QED) is 0.435. The number of sulfonamides is 2. The molecule has 1 amide bonds. The molecule has 2 aliphatic rings. The van der Waals surface area contributed by atoms with E-state index in [0.29, 0.717) is 62.0 Å². The summed E-state index contributed by atoms with van der Waals surface area (Å²) in [5.41, 5.74) is 1.96. The van der Waals surface area contributed by atoms with Gasteiger partial charge in [0, 0.05) is 57.1 Å². The average Bonchev–Trinajstić information content (AvgIpc) is 2.99. The van der Waals surface area contributed by atoms with E-state index < -0.39 is 20.0 Å². The summed E-state index contributed by atoms with van der Waals surface area (Å²) in [5, 5.41) is 2.85. The maximum atomic E-state index is 13.0. The number of nitrogens with zero attached hydrogens (tertiary/aromatic N) is 3. The van der Waals surface area contributed by atoms with Crippen molar-refractivity contribution in [1.29, 1.82) is 0 Å². The van der Waals surface area contributed by atoms with E-state index in [1.807, 2.05) is 18.2 Å². The van der Waals surface area contributed by atoms with Crippen molar-refractivity contribution < 1.29 is 21.6 Å². The van der Waals surface area contributed by atoms with Crippen LogP contribution in [-0.2, 0) is 26.6 Å². The van der Waals surface area contributed by atoms with Gasteiger partial charge < -0.3 is 5.32 Å². The number of carbonyl (C=O) groups is 1. The van der Waals surface area contributed by atoms with Gasteiger partial charge in [-0.2, -0.15) is 8.61 Å². The second kappa shape index (κ2) is 12.2. The Morgan fingerprint density at radius 2 is 1.25 bits per heavy atom. The number of amides is 1. The maximum Gasteiger partial charge on any atom is 0.255 e. The highest BCUT2D eigenvalue weighted by molar-refractivity contribution is 7.89. The summed E-state index contributed by atoms with van der Waals surface area (Å²) >= 11 is 0. The van der Waals surface area contributed by atoms with Gasteiger partial charge >= 0.3 is 0 Å². The van der Waals surface area contributed by atoms with E-state index in [0.717, 1.165) is 24.8 Å². The van der Waals surface area contributed by atoms with Crippen molar-refractivity contribution >= 4 is 31.6 Å². The van der Waals surface area contributed by atoms with Gasteiger partial charge in [0.2, 0.25) is 20.0 Å². The fraction of sp³-hybridized carbons (Fsp3) is 0.345. The Kier molecular flexibility index (Phi) is 8.67. The molecule has 0 atom stereocenters. The number of anilines is 1. The molecule has 0 unspecified atom stereocenters. The molecule has 3 aromatic carbocycles. The first kappa shape index (κ1) is 28.4. The van der Waals surface area contributed by atoms with Crippen molar-refractivity contribution in [3.05, 3.63) is 90.0 Å². The summed E-state index contributed by atoms with van der Waals surface area (Å²) in [4.78, 5) is 15.7. The zero-order valence-corrected chi connectivity index (χ0v) is 23.9. The Balaban J connectivity index is 1.17. The first-order chi connectivity index (χ1) is 19.2. The third kappa shape index (κ3) is 6.45. The van der Waals surface area contributed by atoms with Gasteiger partial charge in [-0.05, 0) is 66.9 Å². The second-order valence-corrected chi connectivity index (χ2v) is 14.0. The van der Waals surface area contributed by atoms with Gasteiger partial charge in [-0.15, -0.1) is 0 Å². The van der Waals surface area contributed by atoms with Gasteiger partial charge in [-0.25, -0.2) is 16.8 Å². The van der Waals surface area contributed by atoms with Crippen LogP contribution >= 0.6 is 0 Å². The number of hydrogen-bond acceptors (Lipinski definition) is 6. The lowest BCUT2D eigenvalue weighted by Gasteiger charge is -2.34. The van der Waals surface area contributed by atoms with Crippen LogP contribution in [0, 0.1) is 0 Å². The lowest BCUT2D eigenvalue weighted by Crippen LogP contribution is -2.48. The summed E-state index contributed by atoms with van der Waals surface area (Å²) in [6, 6.07) is 22.1. The van der Waals surface area contributed by atoms with Crippen LogP contribution in [0.5, 0.6) is 0 Å². The van der Waals surface area contributed by atoms with Crippen molar-refractivity contribution in [2.45, 2.75) is 35.6 Å². The van der Waals surface area contributed by atoms with E-state index in [1.54, 1.807) is 48.5 Å². The number of piperidine rings is 1. The molecule has 2 heterocycles. The summed E-state index contributed by atoms with van der Waals surface area (Å²) in [6.07, 6.45) is 2.80. The lowest BCUT2D eigenvalue weighted by molar-refractivity contribution is 0.102. The molecule has 40 heavy (non-hydrogen) atoms. The summed E-state index contributed by atoms with van der Waals surface area (Å²) in [5.74, 6) is -0.285. The predicted octanol–water partition coefficient (Wildman–Crippen LogP) is 3.62. The third-order valence-electron chi connectivity index (χ3n) is 7.37. The molecule has 0 aromatic heterocycles. The van der Waals surface area contributed by atoms with Gasteiger partial charge in [0.15, 0.2) is 0 Å². The van der Waals surface area contributed by atoms with Crippen LogP contribution < -0.4 is 5.32 Å². The highest BCUT2D eigenvalue weighted by atomic mass is 32.2. The minimum Gasteiger partial charge on any atom is -0.322 e. The van der Waals surface area contributed by atoms with Crippen LogP contribution in [0.3, 0.4) is 0 Å². The summed E-state index contributed by atoms with van der Waals surface area (Å²) < 4.78 is 54.6. The molecule has 9 nitrogen and oxygen atoms in total. The maximum absolute atomic E-state index is 13.0. The van der Waals surface area contributed by atoms with Crippen molar-refractivity contribution in [3.8, 4) is 0 Å². The second-order valence-electron chi connectivity index (χ2n) is 10.1. The molecule has 212 valence electrons. The molecular formula is C29H34N4O5S2. The Hall–Kier alpha value is -3.09. The Bertz CT molecular complexity index is 1530. The molecular weight excluding hydrogens is 548 g/mol. The van der Waals surface area contributed by atoms with E-state index in [4.69, 9.17) is 0 Å². The third-order valence-corrected chi connectivity index (χ3v) is 11.2. The van der Waals surface area contributed by atoms with Crippen LogP contribution in [0.2, 0.25) is 0 Å². The zero-order valence-electron chi connectivity index (χ0n) is 22.3. The smallest absolute Gasteiger partial charge is 0.255 e. The zero-order chi connectivity index (χ0) is 28.2. The standard InChI is InChI=1S/C29H34N4O5S2/c34-29(30-26-12-14-28(15-13-26)40(37,38)32-16-5-2-6-17-32)25-9-7-8-24(22-25)23-31-18-20-33(21-19-31)39(35,36)27-10-3-1-4-11-27/h1,3-4,7-15,22H,2,5-6,16-21,23H2,(H,30,34). The highest BCUT2D eigenvalue weighted by Crippen LogP contribution is 2.23. The van der Waals surface area contributed by atoms with Crippen LogP contribution in [0.15, 0.2) is 88.7 Å². The molecule has 0 radical (unpaired) electrons. The van der Waals surface area contributed by atoms with Gasteiger partial charge in [-0.1, -0.05) is 36.8 Å². The molecule has 0 spiro atoms. The number of nitrogens with one attached hydrogen (secondary N) is 1. The van der Waals surface area contributed by atoms with Crippen molar-refractivity contribution in [1.82, 2.24) is 13.5 Å². The minimum atomic E-state index is -3.53. The molecule has 2 fully saturated rings. The topological polar surface area (TPSA) is 107 Å². The summed E-state index contributed by atoms with van der Waals surface area (Å²) in [7, 11) is -7.03. The Morgan fingerprint density at radius 1 is 0.650 bits per heavy atom. The Morgan fingerprint density at radius 3 is 1.90 bits per heavy atom. The largest absolute Gasteiger partial charge is 0.322 e. The fourth-order valence-corrected chi connectivity index (χ4v) is 8.07. The molecule has 11 heteroatoms. The average molecular weight is 583 g/mol. The van der Waals surface area contributed by atoms with Crippen LogP contribution in [0.4, 0.5) is 5.69 Å². The highest BCUT2D eigenvalue weighted by Gasteiger charge is 2.28. The predicted molar refractivity (Wildman–Crippen MR) is 154 cm³/mol. The van der Waals surface area contributed by atoms with Crippen LogP contribution in [0.25, 0.3) is 0 Å². The number of piperazine rings is 1. The van der Waals surface area contributed by atoms with E-state index >= 15 is 0 Å². The number of hydrogen-bond donors (Lipinski definition) is 1. The van der Waals surface area contributed by atoms with Gasteiger partial charge in [0.1, 0.15) is 0 Å². The van der Waals surface area contributed by atoms with Gasteiger partial charge in [-0.3, -0.25) is 9.69 Å². The number of rotatable bonds is 8. The number of benzene rings is 3. The van der Waals surface area contributed by atoms with Gasteiger partial charge in [0.05, 0.1) is 9.79 Å². The molecule has 1 N–H and O–H groups in total. The monoisotopic (exact) mass is 582 g/mol. The molecule has 0 saturated carbocycles. The van der Waals surface area contributed by atoms with Crippen molar-refractivity contribution in [3.63, 3.8) is 0 Å². The molecule has 2 saturated heterocycles. The normalized spacial score (nSPS) is 17.9.